The Labute approximate surface area is 145 Å². The maximum atomic E-state index is 11.7. The molecule has 0 N–H and O–H groups in total. The van der Waals surface area contributed by atoms with Crippen LogP contribution in [0, 0.1) is 0 Å². The lowest BCUT2D eigenvalue weighted by atomic mass is 10.1. The summed E-state index contributed by atoms with van der Waals surface area (Å²) in [7, 11) is 1.33. The van der Waals surface area contributed by atoms with Crippen LogP contribution in [0.5, 0.6) is 0 Å². The molecular weight excluding hydrogens is 324 g/mol. The summed E-state index contributed by atoms with van der Waals surface area (Å²) in [5.41, 5.74) is 2.20. The van der Waals surface area contributed by atoms with Crippen molar-refractivity contribution >= 4 is 29.8 Å². The van der Waals surface area contributed by atoms with E-state index < -0.39 is 11.9 Å². The van der Waals surface area contributed by atoms with Crippen molar-refractivity contribution in [2.24, 2.45) is 0 Å². The zero-order valence-electron chi connectivity index (χ0n) is 13.5. The molecule has 0 aliphatic heterocycles. The molecule has 0 atom stereocenters. The Morgan fingerprint density at radius 3 is 2.29 bits per heavy atom. The second-order valence-electron chi connectivity index (χ2n) is 4.90. The summed E-state index contributed by atoms with van der Waals surface area (Å²) in [5, 5.41) is 0. The van der Waals surface area contributed by atoms with Gasteiger partial charge in [-0.3, -0.25) is 0 Å². The summed E-state index contributed by atoms with van der Waals surface area (Å²) >= 11 is 1.67. The van der Waals surface area contributed by atoms with Crippen molar-refractivity contribution in [1.82, 2.24) is 0 Å². The molecule has 0 aliphatic carbocycles. The first-order chi connectivity index (χ1) is 11.6. The molecule has 0 fully saturated rings. The van der Waals surface area contributed by atoms with Crippen LogP contribution in [-0.4, -0.2) is 25.3 Å². The molecule has 2 aromatic carbocycles. The predicted molar refractivity (Wildman–Crippen MR) is 94.8 cm³/mol. The molecule has 0 heterocycles. The Bertz CT molecular complexity index is 718. The van der Waals surface area contributed by atoms with Crippen molar-refractivity contribution in [2.75, 3.05) is 13.4 Å². The smallest absolute Gasteiger partial charge is 0.337 e. The van der Waals surface area contributed by atoms with E-state index in [9.17, 15) is 9.59 Å². The van der Waals surface area contributed by atoms with E-state index >= 15 is 0 Å². The summed E-state index contributed by atoms with van der Waals surface area (Å²) in [6.07, 6.45) is 5.13. The highest BCUT2D eigenvalue weighted by Gasteiger charge is 2.05. The van der Waals surface area contributed by atoms with Gasteiger partial charge >= 0.3 is 11.9 Å². The summed E-state index contributed by atoms with van der Waals surface area (Å²) in [4.78, 5) is 24.3. The normalized spacial score (nSPS) is 10.6. The van der Waals surface area contributed by atoms with Crippen LogP contribution in [0.3, 0.4) is 0 Å². The average molecular weight is 342 g/mol. The van der Waals surface area contributed by atoms with Crippen LogP contribution in [-0.2, 0) is 20.9 Å². The van der Waals surface area contributed by atoms with E-state index in [0.717, 1.165) is 11.1 Å². The fourth-order valence-electron chi connectivity index (χ4n) is 1.94. The standard InChI is InChI=1S/C19H18O4S/c1-22-19(21)16-8-3-15(4-9-16)13-23-18(20)12-7-14-5-10-17(24-2)11-6-14/h3-12H,13H2,1-2H3. The van der Waals surface area contributed by atoms with Gasteiger partial charge < -0.3 is 9.47 Å². The second kappa shape index (κ2) is 8.93. The van der Waals surface area contributed by atoms with E-state index in [0.29, 0.717) is 5.56 Å². The van der Waals surface area contributed by atoms with Gasteiger partial charge in [0.15, 0.2) is 0 Å². The molecular formula is C19H18O4S. The number of carbonyl (C=O) groups is 2. The van der Waals surface area contributed by atoms with Crippen molar-refractivity contribution < 1.29 is 19.1 Å². The van der Waals surface area contributed by atoms with Crippen molar-refractivity contribution in [3.8, 4) is 0 Å². The number of ether oxygens (including phenoxy) is 2. The van der Waals surface area contributed by atoms with Crippen LogP contribution >= 0.6 is 11.8 Å². The van der Waals surface area contributed by atoms with E-state index in [4.69, 9.17) is 4.74 Å². The largest absolute Gasteiger partial charge is 0.465 e. The van der Waals surface area contributed by atoms with Crippen molar-refractivity contribution in [1.29, 1.82) is 0 Å². The zero-order valence-corrected chi connectivity index (χ0v) is 14.3. The molecule has 0 aliphatic rings. The maximum absolute atomic E-state index is 11.7. The fraction of sp³-hybridized carbons (Fsp3) is 0.158. The minimum absolute atomic E-state index is 0.149. The lowest BCUT2D eigenvalue weighted by Crippen LogP contribution is -2.03. The number of carbonyl (C=O) groups excluding carboxylic acids is 2. The molecule has 0 bridgehead atoms. The molecule has 0 unspecified atom stereocenters. The molecule has 2 rings (SSSR count). The van der Waals surface area contributed by atoms with Gasteiger partial charge in [0.2, 0.25) is 0 Å². The number of hydrogen-bond acceptors (Lipinski definition) is 5. The Morgan fingerprint density at radius 1 is 1.04 bits per heavy atom. The molecule has 0 saturated heterocycles. The first-order valence-electron chi connectivity index (χ1n) is 7.28. The van der Waals surface area contributed by atoms with Gasteiger partial charge in [-0.15, -0.1) is 11.8 Å². The average Bonchev–Trinajstić information content (AvgIpc) is 2.64. The Kier molecular flexibility index (Phi) is 6.63. The summed E-state index contributed by atoms with van der Waals surface area (Å²) in [6.45, 7) is 0.149. The number of hydrogen-bond donors (Lipinski definition) is 0. The molecule has 0 spiro atoms. The first kappa shape index (κ1) is 17.8. The highest BCUT2D eigenvalue weighted by Crippen LogP contribution is 2.15. The van der Waals surface area contributed by atoms with E-state index in [1.165, 1.54) is 18.1 Å². The molecule has 0 amide bonds. The third-order valence-electron chi connectivity index (χ3n) is 3.28. The van der Waals surface area contributed by atoms with E-state index in [1.807, 2.05) is 30.5 Å². The van der Waals surface area contributed by atoms with Gasteiger partial charge in [-0.05, 0) is 47.7 Å². The third kappa shape index (κ3) is 5.28. The molecule has 5 heteroatoms. The Balaban J connectivity index is 1.86. The lowest BCUT2D eigenvalue weighted by Gasteiger charge is -2.04. The van der Waals surface area contributed by atoms with Gasteiger partial charge in [-0.2, -0.15) is 0 Å². The fourth-order valence-corrected chi connectivity index (χ4v) is 2.35. The number of esters is 2. The van der Waals surface area contributed by atoms with Crippen molar-refractivity contribution in [3.05, 3.63) is 71.3 Å². The monoisotopic (exact) mass is 342 g/mol. The van der Waals surface area contributed by atoms with Gasteiger partial charge in [0.25, 0.3) is 0 Å². The minimum atomic E-state index is -0.416. The highest BCUT2D eigenvalue weighted by molar-refractivity contribution is 7.98. The van der Waals surface area contributed by atoms with Crippen LogP contribution in [0.2, 0.25) is 0 Å². The van der Waals surface area contributed by atoms with Gasteiger partial charge in [0.1, 0.15) is 6.61 Å². The highest BCUT2D eigenvalue weighted by atomic mass is 32.2. The summed E-state index contributed by atoms with van der Waals surface area (Å²) < 4.78 is 9.80. The van der Waals surface area contributed by atoms with Crippen molar-refractivity contribution in [3.63, 3.8) is 0 Å². The van der Waals surface area contributed by atoms with Crippen molar-refractivity contribution in [2.45, 2.75) is 11.5 Å². The van der Waals surface area contributed by atoms with Gasteiger partial charge in [-0.1, -0.05) is 24.3 Å². The van der Waals surface area contributed by atoms with Crippen LogP contribution in [0.4, 0.5) is 0 Å². The molecule has 4 nitrogen and oxygen atoms in total. The molecule has 24 heavy (non-hydrogen) atoms. The Hall–Kier alpha value is -2.53. The predicted octanol–water partition coefficient (Wildman–Crippen LogP) is 3.95. The number of thioether (sulfide) groups is 1. The SMILES string of the molecule is COC(=O)c1ccc(COC(=O)C=Cc2ccc(SC)cc2)cc1. The zero-order chi connectivity index (χ0) is 17.4. The number of rotatable bonds is 6. The van der Waals surface area contributed by atoms with Crippen LogP contribution in [0.25, 0.3) is 6.08 Å². The molecule has 0 radical (unpaired) electrons. The minimum Gasteiger partial charge on any atom is -0.465 e. The third-order valence-corrected chi connectivity index (χ3v) is 4.03. The van der Waals surface area contributed by atoms with E-state index in [-0.39, 0.29) is 6.61 Å². The molecule has 124 valence electrons. The van der Waals surface area contributed by atoms with Crippen LogP contribution < -0.4 is 0 Å². The van der Waals surface area contributed by atoms with E-state index in [2.05, 4.69) is 4.74 Å². The van der Waals surface area contributed by atoms with Gasteiger partial charge in [0, 0.05) is 11.0 Å². The first-order valence-corrected chi connectivity index (χ1v) is 8.51. The number of benzene rings is 2. The van der Waals surface area contributed by atoms with Crippen LogP contribution in [0.1, 0.15) is 21.5 Å². The quantitative estimate of drug-likeness (QED) is 0.452. The molecule has 0 saturated carbocycles. The van der Waals surface area contributed by atoms with Gasteiger partial charge in [0.05, 0.1) is 12.7 Å². The van der Waals surface area contributed by atoms with Crippen LogP contribution in [0.15, 0.2) is 59.5 Å². The summed E-state index contributed by atoms with van der Waals surface area (Å²) in [6, 6.07) is 14.6. The van der Waals surface area contributed by atoms with E-state index in [1.54, 1.807) is 42.1 Å². The second-order valence-corrected chi connectivity index (χ2v) is 5.78. The number of methoxy groups -OCH3 is 1. The topological polar surface area (TPSA) is 52.6 Å². The van der Waals surface area contributed by atoms with Gasteiger partial charge in [-0.25, -0.2) is 9.59 Å². The Morgan fingerprint density at radius 2 is 1.71 bits per heavy atom. The maximum Gasteiger partial charge on any atom is 0.337 e. The molecule has 2 aromatic rings. The lowest BCUT2D eigenvalue weighted by molar-refractivity contribution is -0.138. The summed E-state index contributed by atoms with van der Waals surface area (Å²) in [5.74, 6) is -0.810. The molecule has 0 aromatic heterocycles.